The van der Waals surface area contributed by atoms with Crippen molar-refractivity contribution in [3.8, 4) is 0 Å². The fourth-order valence-electron chi connectivity index (χ4n) is 2.86. The van der Waals surface area contributed by atoms with Gasteiger partial charge in [0.1, 0.15) is 5.82 Å². The van der Waals surface area contributed by atoms with Crippen molar-refractivity contribution in [2.75, 3.05) is 46.3 Å². The number of hydrogen-bond acceptors (Lipinski definition) is 4. The van der Waals surface area contributed by atoms with Crippen molar-refractivity contribution in [2.24, 2.45) is 0 Å². The van der Waals surface area contributed by atoms with Crippen LogP contribution in [0.5, 0.6) is 0 Å². The number of rotatable bonds is 6. The zero-order valence-electron chi connectivity index (χ0n) is 14.9. The van der Waals surface area contributed by atoms with Crippen molar-refractivity contribution in [3.05, 3.63) is 35.6 Å². The minimum absolute atomic E-state index is 0.0859. The van der Waals surface area contributed by atoms with Gasteiger partial charge in [-0.15, -0.1) is 0 Å². The Kier molecular flexibility index (Phi) is 7.33. The van der Waals surface area contributed by atoms with Crippen molar-refractivity contribution >= 4 is 11.8 Å². The summed E-state index contributed by atoms with van der Waals surface area (Å²) < 4.78 is 13.2. The third kappa shape index (κ3) is 5.79. The summed E-state index contributed by atoms with van der Waals surface area (Å²) in [5.74, 6) is -1.53. The molecule has 1 aromatic carbocycles. The average Bonchev–Trinajstić information content (AvgIpc) is 2.62. The Morgan fingerprint density at radius 3 is 2.28 bits per heavy atom. The highest BCUT2D eigenvalue weighted by atomic mass is 19.1. The summed E-state index contributed by atoms with van der Waals surface area (Å²) in [7, 11) is 2.07. The molecule has 0 aliphatic carbocycles. The third-order valence-electron chi connectivity index (χ3n) is 4.43. The molecular weight excluding hydrogens is 323 g/mol. The van der Waals surface area contributed by atoms with Crippen molar-refractivity contribution in [1.29, 1.82) is 0 Å². The molecule has 0 spiro atoms. The summed E-state index contributed by atoms with van der Waals surface area (Å²) in [4.78, 5) is 28.2. The van der Waals surface area contributed by atoms with E-state index in [0.717, 1.165) is 38.2 Å². The number of nitrogens with one attached hydrogen (secondary N) is 2. The molecule has 2 N–H and O–H groups in total. The molecule has 138 valence electrons. The van der Waals surface area contributed by atoms with Crippen LogP contribution in [0.4, 0.5) is 4.39 Å². The quantitative estimate of drug-likeness (QED) is 0.744. The highest BCUT2D eigenvalue weighted by molar-refractivity contribution is 6.35. The first-order valence-electron chi connectivity index (χ1n) is 8.75. The van der Waals surface area contributed by atoms with Gasteiger partial charge in [0.05, 0.1) is 6.04 Å². The molecule has 1 heterocycles. The summed E-state index contributed by atoms with van der Waals surface area (Å²) >= 11 is 0. The highest BCUT2D eigenvalue weighted by Crippen LogP contribution is 2.22. The van der Waals surface area contributed by atoms with Crippen molar-refractivity contribution < 1.29 is 14.0 Å². The van der Waals surface area contributed by atoms with Gasteiger partial charge in [0.2, 0.25) is 0 Å². The van der Waals surface area contributed by atoms with E-state index >= 15 is 0 Å². The van der Waals surface area contributed by atoms with E-state index in [2.05, 4.69) is 27.5 Å². The monoisotopic (exact) mass is 350 g/mol. The number of piperazine rings is 1. The lowest BCUT2D eigenvalue weighted by atomic mass is 10.0. The number of amides is 2. The average molecular weight is 350 g/mol. The van der Waals surface area contributed by atoms with E-state index in [1.165, 1.54) is 12.1 Å². The third-order valence-corrected chi connectivity index (χ3v) is 4.43. The maximum Gasteiger partial charge on any atom is 0.309 e. The van der Waals surface area contributed by atoms with Crippen LogP contribution in [0.3, 0.4) is 0 Å². The Labute approximate surface area is 148 Å². The van der Waals surface area contributed by atoms with Gasteiger partial charge < -0.3 is 15.5 Å². The minimum atomic E-state index is -0.630. The Morgan fingerprint density at radius 2 is 1.68 bits per heavy atom. The topological polar surface area (TPSA) is 64.7 Å². The van der Waals surface area contributed by atoms with Crippen LogP contribution >= 0.6 is 0 Å². The summed E-state index contributed by atoms with van der Waals surface area (Å²) in [5.41, 5.74) is 0.931. The molecule has 2 amide bonds. The number of halogens is 1. The lowest BCUT2D eigenvalue weighted by molar-refractivity contribution is -0.139. The first kappa shape index (κ1) is 19.3. The predicted octanol–water partition coefficient (Wildman–Crippen LogP) is 0.757. The van der Waals surface area contributed by atoms with Crippen LogP contribution in [-0.4, -0.2) is 67.9 Å². The molecule has 1 aliphatic heterocycles. The van der Waals surface area contributed by atoms with E-state index in [0.29, 0.717) is 13.1 Å². The van der Waals surface area contributed by atoms with Crippen molar-refractivity contribution in [1.82, 2.24) is 20.4 Å². The molecule has 1 aromatic rings. The lowest BCUT2D eigenvalue weighted by Gasteiger charge is -2.38. The molecule has 6 nitrogen and oxygen atoms in total. The molecule has 1 aliphatic rings. The molecule has 0 aromatic heterocycles. The highest BCUT2D eigenvalue weighted by Gasteiger charge is 2.25. The zero-order chi connectivity index (χ0) is 18.2. The van der Waals surface area contributed by atoms with Gasteiger partial charge in [-0.2, -0.15) is 0 Å². The van der Waals surface area contributed by atoms with Crippen LogP contribution in [0.2, 0.25) is 0 Å². The summed E-state index contributed by atoms with van der Waals surface area (Å²) in [5, 5.41) is 5.28. The number of carbonyl (C=O) groups is 2. The van der Waals surface area contributed by atoms with E-state index in [1.807, 2.05) is 6.92 Å². The van der Waals surface area contributed by atoms with Crippen molar-refractivity contribution in [3.63, 3.8) is 0 Å². The van der Waals surface area contributed by atoms with Gasteiger partial charge in [-0.1, -0.05) is 19.1 Å². The van der Waals surface area contributed by atoms with E-state index < -0.39 is 11.8 Å². The standard InChI is InChI=1S/C18H27FN4O2/c1-3-8-20-17(24)18(25)21-13-16(14-4-6-15(19)7-5-14)23-11-9-22(2)10-12-23/h4-7,16H,3,8-13H2,1-2H3,(H,20,24)(H,21,25)/t16-/m1/s1. The molecule has 1 saturated heterocycles. The van der Waals surface area contributed by atoms with Crippen LogP contribution < -0.4 is 10.6 Å². The maximum absolute atomic E-state index is 13.2. The van der Waals surface area contributed by atoms with Crippen molar-refractivity contribution in [2.45, 2.75) is 19.4 Å². The number of carbonyl (C=O) groups excluding carboxylic acids is 2. The fourth-order valence-corrected chi connectivity index (χ4v) is 2.86. The first-order chi connectivity index (χ1) is 12.0. The molecule has 1 fully saturated rings. The number of nitrogens with zero attached hydrogens (tertiary/aromatic N) is 2. The van der Waals surface area contributed by atoms with Crippen LogP contribution in [0.1, 0.15) is 24.9 Å². The first-order valence-corrected chi connectivity index (χ1v) is 8.75. The van der Waals surface area contributed by atoms with Crippen LogP contribution in [-0.2, 0) is 9.59 Å². The zero-order valence-corrected chi connectivity index (χ0v) is 14.9. The minimum Gasteiger partial charge on any atom is -0.348 e. The molecule has 7 heteroatoms. The Hall–Kier alpha value is -1.99. The number of likely N-dealkylation sites (N-methyl/N-ethyl adjacent to an activating group) is 1. The van der Waals surface area contributed by atoms with E-state index in [-0.39, 0.29) is 11.9 Å². The largest absolute Gasteiger partial charge is 0.348 e. The van der Waals surface area contributed by atoms with Gasteiger partial charge in [0.25, 0.3) is 0 Å². The summed E-state index contributed by atoms with van der Waals surface area (Å²) in [6, 6.07) is 6.24. The second-order valence-corrected chi connectivity index (χ2v) is 6.37. The SMILES string of the molecule is CCCNC(=O)C(=O)NC[C@H](c1ccc(F)cc1)N1CCN(C)CC1. The Morgan fingerprint density at radius 1 is 1.08 bits per heavy atom. The normalized spacial score (nSPS) is 17.1. The predicted molar refractivity (Wildman–Crippen MR) is 94.5 cm³/mol. The Bertz CT molecular complexity index is 571. The molecule has 0 bridgehead atoms. The van der Waals surface area contributed by atoms with E-state index in [1.54, 1.807) is 12.1 Å². The smallest absolute Gasteiger partial charge is 0.309 e. The molecule has 1 atom stereocenters. The van der Waals surface area contributed by atoms with Crippen LogP contribution in [0.25, 0.3) is 0 Å². The van der Waals surface area contributed by atoms with Gasteiger partial charge in [0.15, 0.2) is 0 Å². The summed E-state index contributed by atoms with van der Waals surface area (Å²) in [6.07, 6.45) is 0.776. The molecule has 0 unspecified atom stereocenters. The van der Waals surface area contributed by atoms with E-state index in [9.17, 15) is 14.0 Å². The molecule has 0 radical (unpaired) electrons. The van der Waals surface area contributed by atoms with Crippen LogP contribution in [0, 0.1) is 5.82 Å². The molecule has 25 heavy (non-hydrogen) atoms. The number of hydrogen-bond donors (Lipinski definition) is 2. The van der Waals surface area contributed by atoms with E-state index in [4.69, 9.17) is 0 Å². The Balaban J connectivity index is 2.03. The maximum atomic E-state index is 13.2. The van der Waals surface area contributed by atoms with Gasteiger partial charge in [-0.05, 0) is 31.2 Å². The van der Waals surface area contributed by atoms with Gasteiger partial charge >= 0.3 is 11.8 Å². The number of benzene rings is 1. The molecule has 2 rings (SSSR count). The van der Waals surface area contributed by atoms with Gasteiger partial charge in [-0.3, -0.25) is 14.5 Å². The summed E-state index contributed by atoms with van der Waals surface area (Å²) in [6.45, 7) is 6.30. The molecular formula is C18H27FN4O2. The van der Waals surface area contributed by atoms with Crippen LogP contribution in [0.15, 0.2) is 24.3 Å². The van der Waals surface area contributed by atoms with Gasteiger partial charge in [-0.25, -0.2) is 4.39 Å². The molecule has 0 saturated carbocycles. The van der Waals surface area contributed by atoms with Gasteiger partial charge in [0, 0.05) is 39.3 Å². The second kappa shape index (κ2) is 9.48. The second-order valence-electron chi connectivity index (χ2n) is 6.37. The lowest BCUT2D eigenvalue weighted by Crippen LogP contribution is -2.49. The fraction of sp³-hybridized carbons (Fsp3) is 0.556.